The van der Waals surface area contributed by atoms with E-state index < -0.39 is 25.7 Å². The number of hydrogen-bond donors (Lipinski definition) is 0. The van der Waals surface area contributed by atoms with Crippen LogP contribution in [0.5, 0.6) is 11.5 Å². The molecule has 0 N–H and O–H groups in total. The summed E-state index contributed by atoms with van der Waals surface area (Å²) in [6.45, 7) is 3.79. The Labute approximate surface area is 346 Å². The first-order valence-electron chi connectivity index (χ1n) is 19.1. The first-order valence-corrected chi connectivity index (χ1v) is 21.9. The first-order chi connectivity index (χ1) is 28.5. The normalized spacial score (nSPS) is 11.8. The van der Waals surface area contributed by atoms with E-state index in [9.17, 15) is 16.8 Å². The maximum absolute atomic E-state index is 13.8. The van der Waals surface area contributed by atoms with Gasteiger partial charge in [-0.15, -0.1) is 0 Å². The lowest BCUT2D eigenvalue weighted by Gasteiger charge is -2.37. The Bertz CT molecular complexity index is 2730. The number of benzene rings is 8. The average molecular weight is 813 g/mol. The zero-order valence-electron chi connectivity index (χ0n) is 32.4. The molecule has 0 saturated heterocycles. The van der Waals surface area contributed by atoms with Gasteiger partial charge in [0.15, 0.2) is 11.5 Å². The van der Waals surface area contributed by atoms with Crippen molar-refractivity contribution in [1.29, 1.82) is 0 Å². The second-order valence-corrected chi connectivity index (χ2v) is 17.4. The topological polar surface area (TPSA) is 86.7 Å². The highest BCUT2D eigenvalue weighted by Gasteiger charge is 2.40. The van der Waals surface area contributed by atoms with Gasteiger partial charge >= 0.3 is 20.2 Å². The van der Waals surface area contributed by atoms with Crippen LogP contribution in [-0.2, 0) is 25.7 Å². The van der Waals surface area contributed by atoms with Crippen molar-refractivity contribution in [3.63, 3.8) is 0 Å². The Balaban J connectivity index is 1.38. The maximum atomic E-state index is 13.8. The van der Waals surface area contributed by atoms with E-state index in [4.69, 9.17) is 8.37 Å². The summed E-state index contributed by atoms with van der Waals surface area (Å²) in [4.78, 5) is 0.100. The van der Waals surface area contributed by atoms with Crippen molar-refractivity contribution in [2.75, 3.05) is 0 Å². The third-order valence-electron chi connectivity index (χ3n) is 10.4. The van der Waals surface area contributed by atoms with Gasteiger partial charge in [0, 0.05) is 11.1 Å². The minimum atomic E-state index is -4.21. The van der Waals surface area contributed by atoms with Crippen molar-refractivity contribution in [3.8, 4) is 33.8 Å². The Morgan fingerprint density at radius 2 is 0.678 bits per heavy atom. The molecule has 8 heteroatoms. The van der Waals surface area contributed by atoms with Crippen molar-refractivity contribution < 1.29 is 25.2 Å². The third-order valence-corrected chi connectivity index (χ3v) is 12.9. The van der Waals surface area contributed by atoms with Crippen LogP contribution >= 0.6 is 0 Å². The summed E-state index contributed by atoms with van der Waals surface area (Å²) in [6, 6.07) is 63.6. The average Bonchev–Trinajstić information content (AvgIpc) is 3.26. The van der Waals surface area contributed by atoms with E-state index in [2.05, 4.69) is 24.3 Å². The van der Waals surface area contributed by atoms with Crippen LogP contribution in [0.3, 0.4) is 0 Å². The molecule has 0 radical (unpaired) electrons. The van der Waals surface area contributed by atoms with Crippen LogP contribution in [0.4, 0.5) is 0 Å². The molecule has 0 fully saturated rings. The molecule has 0 spiro atoms. The summed E-state index contributed by atoms with van der Waals surface area (Å²) in [5.41, 5.74) is 6.96. The molecule has 0 saturated carbocycles. The van der Waals surface area contributed by atoms with E-state index in [-0.39, 0.29) is 21.3 Å². The van der Waals surface area contributed by atoms with Crippen molar-refractivity contribution in [2.24, 2.45) is 0 Å². The molecular formula is C51H40O6S2. The fourth-order valence-corrected chi connectivity index (χ4v) is 9.37. The molecule has 0 unspecified atom stereocenters. The molecule has 0 amide bonds. The predicted octanol–water partition coefficient (Wildman–Crippen LogP) is 11.6. The Morgan fingerprint density at radius 1 is 0.356 bits per heavy atom. The highest BCUT2D eigenvalue weighted by atomic mass is 32.2. The van der Waals surface area contributed by atoms with Gasteiger partial charge in [0.05, 0.1) is 5.41 Å². The van der Waals surface area contributed by atoms with E-state index in [0.717, 1.165) is 44.5 Å². The van der Waals surface area contributed by atoms with Gasteiger partial charge in [-0.3, -0.25) is 0 Å². The monoisotopic (exact) mass is 812 g/mol. The number of rotatable bonds is 12. The molecule has 0 heterocycles. The second kappa shape index (κ2) is 16.3. The largest absolute Gasteiger partial charge is 0.378 e. The van der Waals surface area contributed by atoms with Crippen molar-refractivity contribution in [1.82, 2.24) is 0 Å². The summed E-state index contributed by atoms with van der Waals surface area (Å²) in [6.07, 6.45) is 0. The van der Waals surface area contributed by atoms with Gasteiger partial charge in [0.2, 0.25) is 0 Å². The summed E-state index contributed by atoms with van der Waals surface area (Å²) in [5.74, 6) is 0.344. The highest BCUT2D eigenvalue weighted by molar-refractivity contribution is 7.87. The lowest BCUT2D eigenvalue weighted by Crippen LogP contribution is -2.31. The van der Waals surface area contributed by atoms with Gasteiger partial charge in [0.1, 0.15) is 9.79 Å². The van der Waals surface area contributed by atoms with Crippen LogP contribution in [0.2, 0.25) is 0 Å². The molecule has 292 valence electrons. The fourth-order valence-electron chi connectivity index (χ4n) is 7.48. The summed E-state index contributed by atoms with van der Waals surface area (Å²) in [7, 11) is -8.41. The number of aryl methyl sites for hydroxylation is 2. The summed E-state index contributed by atoms with van der Waals surface area (Å²) in [5, 5.41) is 0. The van der Waals surface area contributed by atoms with E-state index in [1.807, 2.05) is 135 Å². The standard InChI is InChI=1S/C51H40O6S2/c1-37-23-29-45(30-24-37)58(52,53)56-49-33-27-43(35-47(49)39-15-7-3-8-16-39)51(41-19-11-5-12-20-41,42-21-13-6-14-22-42)44-28-34-50(48(36-44)40-17-9-4-10-18-40)57-59(54,55)46-31-25-38(2)26-32-46/h3-36H,1-2H3. The van der Waals surface area contributed by atoms with E-state index in [0.29, 0.717) is 11.1 Å². The summed E-state index contributed by atoms with van der Waals surface area (Å²) >= 11 is 0. The first kappa shape index (κ1) is 39.1. The van der Waals surface area contributed by atoms with Crippen LogP contribution in [0.25, 0.3) is 22.3 Å². The molecule has 0 aliphatic heterocycles. The molecule has 8 rings (SSSR count). The lowest BCUT2D eigenvalue weighted by atomic mass is 9.64. The highest BCUT2D eigenvalue weighted by Crippen LogP contribution is 2.49. The quantitative estimate of drug-likeness (QED) is 0.0902. The molecule has 0 atom stereocenters. The van der Waals surface area contributed by atoms with Gasteiger partial charge < -0.3 is 8.37 Å². The minimum Gasteiger partial charge on any atom is -0.378 e. The lowest BCUT2D eigenvalue weighted by molar-refractivity contribution is 0.485. The van der Waals surface area contributed by atoms with Crippen LogP contribution in [-0.4, -0.2) is 16.8 Å². The van der Waals surface area contributed by atoms with E-state index in [1.54, 1.807) is 60.7 Å². The predicted molar refractivity (Wildman–Crippen MR) is 234 cm³/mol. The Hall–Kier alpha value is -6.74. The Morgan fingerprint density at radius 3 is 1.02 bits per heavy atom. The zero-order chi connectivity index (χ0) is 41.0. The molecule has 8 aromatic carbocycles. The van der Waals surface area contributed by atoms with Gasteiger partial charge in [-0.2, -0.15) is 16.8 Å². The summed E-state index contributed by atoms with van der Waals surface area (Å²) < 4.78 is 67.1. The number of hydrogen-bond acceptors (Lipinski definition) is 6. The third kappa shape index (κ3) is 7.93. The molecule has 59 heavy (non-hydrogen) atoms. The van der Waals surface area contributed by atoms with Crippen LogP contribution < -0.4 is 8.37 Å². The molecule has 0 aliphatic rings. The van der Waals surface area contributed by atoms with Gasteiger partial charge in [-0.1, -0.05) is 169 Å². The van der Waals surface area contributed by atoms with Crippen LogP contribution in [0.1, 0.15) is 33.4 Å². The van der Waals surface area contributed by atoms with Crippen molar-refractivity contribution >= 4 is 20.2 Å². The van der Waals surface area contributed by atoms with E-state index in [1.165, 1.54) is 0 Å². The van der Waals surface area contributed by atoms with Crippen molar-refractivity contribution in [2.45, 2.75) is 29.1 Å². The molecule has 0 bridgehead atoms. The van der Waals surface area contributed by atoms with Gasteiger partial charge in [-0.05, 0) is 95.8 Å². The SMILES string of the molecule is Cc1ccc(S(=O)(=O)Oc2ccc(C(c3ccccc3)(c3ccccc3)c3ccc(OS(=O)(=O)c4ccc(C)cc4)c(-c4ccccc4)c3)cc2-c2ccccc2)cc1. The zero-order valence-corrected chi connectivity index (χ0v) is 34.0. The molecule has 8 aromatic rings. The van der Waals surface area contributed by atoms with Crippen LogP contribution in [0, 0.1) is 13.8 Å². The minimum absolute atomic E-state index is 0.0502. The smallest absolute Gasteiger partial charge is 0.339 e. The second-order valence-electron chi connectivity index (χ2n) is 14.3. The molecule has 6 nitrogen and oxygen atoms in total. The fraction of sp³-hybridized carbons (Fsp3) is 0.0588. The molecule has 0 aliphatic carbocycles. The Kier molecular flexibility index (Phi) is 10.8. The van der Waals surface area contributed by atoms with Crippen molar-refractivity contribution in [3.05, 3.63) is 240 Å². The van der Waals surface area contributed by atoms with Gasteiger partial charge in [0.25, 0.3) is 0 Å². The molecular weight excluding hydrogens is 773 g/mol. The van der Waals surface area contributed by atoms with E-state index >= 15 is 0 Å². The maximum Gasteiger partial charge on any atom is 0.339 e. The van der Waals surface area contributed by atoms with Gasteiger partial charge in [-0.25, -0.2) is 0 Å². The van der Waals surface area contributed by atoms with Crippen LogP contribution in [0.15, 0.2) is 216 Å². The molecule has 0 aromatic heterocycles.